The van der Waals surface area contributed by atoms with E-state index in [9.17, 15) is 8.78 Å². The molecule has 88 valence electrons. The molecule has 0 atom stereocenters. The van der Waals surface area contributed by atoms with E-state index in [2.05, 4.69) is 5.32 Å². The highest BCUT2D eigenvalue weighted by molar-refractivity contribution is 5.19. The number of hydrogen-bond donors (Lipinski definition) is 1. The number of rotatable bonds is 4. The van der Waals surface area contributed by atoms with Crippen LogP contribution in [-0.2, 0) is 6.42 Å². The predicted octanol–water partition coefficient (Wildman–Crippen LogP) is 3.04. The SMILES string of the molecule is Fc1ccc(F)c(CCNC2CCCC2)c1. The molecule has 16 heavy (non-hydrogen) atoms. The van der Waals surface area contributed by atoms with Crippen molar-refractivity contribution in [2.45, 2.75) is 38.1 Å². The van der Waals surface area contributed by atoms with Gasteiger partial charge >= 0.3 is 0 Å². The molecule has 2 rings (SSSR count). The van der Waals surface area contributed by atoms with Crippen molar-refractivity contribution >= 4 is 0 Å². The first kappa shape index (κ1) is 11.5. The highest BCUT2D eigenvalue weighted by Crippen LogP contribution is 2.17. The van der Waals surface area contributed by atoms with E-state index in [4.69, 9.17) is 0 Å². The van der Waals surface area contributed by atoms with Crippen molar-refractivity contribution in [2.75, 3.05) is 6.54 Å². The summed E-state index contributed by atoms with van der Waals surface area (Å²) in [5.74, 6) is -0.674. The molecule has 1 aliphatic carbocycles. The molecule has 0 bridgehead atoms. The van der Waals surface area contributed by atoms with E-state index in [1.807, 2.05) is 0 Å². The van der Waals surface area contributed by atoms with E-state index in [1.165, 1.54) is 37.8 Å². The molecule has 3 heteroatoms. The van der Waals surface area contributed by atoms with Gasteiger partial charge in [0.25, 0.3) is 0 Å². The Bertz CT molecular complexity index is 346. The first-order valence-corrected chi connectivity index (χ1v) is 5.93. The van der Waals surface area contributed by atoms with E-state index in [-0.39, 0.29) is 11.6 Å². The summed E-state index contributed by atoms with van der Waals surface area (Å²) in [5, 5.41) is 3.39. The van der Waals surface area contributed by atoms with Gasteiger partial charge in [0.05, 0.1) is 0 Å². The Labute approximate surface area is 94.9 Å². The van der Waals surface area contributed by atoms with Gasteiger partial charge in [-0.2, -0.15) is 0 Å². The second kappa shape index (κ2) is 5.39. The van der Waals surface area contributed by atoms with Gasteiger partial charge in [-0.1, -0.05) is 12.8 Å². The first-order chi connectivity index (χ1) is 7.75. The van der Waals surface area contributed by atoms with E-state index in [0.29, 0.717) is 18.0 Å². The second-order valence-corrected chi connectivity index (χ2v) is 4.42. The zero-order valence-electron chi connectivity index (χ0n) is 9.31. The fourth-order valence-corrected chi connectivity index (χ4v) is 2.28. The van der Waals surface area contributed by atoms with E-state index >= 15 is 0 Å². The molecule has 1 N–H and O–H groups in total. The summed E-state index contributed by atoms with van der Waals surface area (Å²) in [4.78, 5) is 0. The molecule has 0 saturated heterocycles. The van der Waals surface area contributed by atoms with Crippen LogP contribution in [0, 0.1) is 11.6 Å². The first-order valence-electron chi connectivity index (χ1n) is 5.93. The lowest BCUT2D eigenvalue weighted by Gasteiger charge is -2.11. The minimum atomic E-state index is -0.364. The Hall–Kier alpha value is -0.960. The van der Waals surface area contributed by atoms with Crippen LogP contribution >= 0.6 is 0 Å². The van der Waals surface area contributed by atoms with Gasteiger partial charge in [0.1, 0.15) is 11.6 Å². The molecule has 0 radical (unpaired) electrons. The third-order valence-electron chi connectivity index (χ3n) is 3.19. The largest absolute Gasteiger partial charge is 0.314 e. The standard InChI is InChI=1S/C13H17F2N/c14-11-5-6-13(15)10(9-11)7-8-16-12-3-1-2-4-12/h5-6,9,12,16H,1-4,7-8H2. The molecular weight excluding hydrogens is 208 g/mol. The average molecular weight is 225 g/mol. The number of benzene rings is 1. The molecule has 0 amide bonds. The van der Waals surface area contributed by atoms with Gasteiger partial charge in [0.2, 0.25) is 0 Å². The van der Waals surface area contributed by atoms with Crippen molar-refractivity contribution in [1.82, 2.24) is 5.32 Å². The number of nitrogens with one attached hydrogen (secondary N) is 1. The van der Waals surface area contributed by atoms with Crippen molar-refractivity contribution in [3.8, 4) is 0 Å². The number of hydrogen-bond acceptors (Lipinski definition) is 1. The molecule has 0 spiro atoms. The quantitative estimate of drug-likeness (QED) is 0.830. The molecular formula is C13H17F2N. The molecule has 1 saturated carbocycles. The predicted molar refractivity (Wildman–Crippen MR) is 60.3 cm³/mol. The zero-order valence-corrected chi connectivity index (χ0v) is 9.31. The molecule has 1 aliphatic rings. The Kier molecular flexibility index (Phi) is 3.88. The summed E-state index contributed by atoms with van der Waals surface area (Å²) >= 11 is 0. The smallest absolute Gasteiger partial charge is 0.126 e. The van der Waals surface area contributed by atoms with Crippen molar-refractivity contribution in [3.05, 3.63) is 35.4 Å². The fraction of sp³-hybridized carbons (Fsp3) is 0.538. The molecule has 0 aliphatic heterocycles. The van der Waals surface area contributed by atoms with Gasteiger partial charge in [-0.15, -0.1) is 0 Å². The average Bonchev–Trinajstić information content (AvgIpc) is 2.76. The lowest BCUT2D eigenvalue weighted by molar-refractivity contribution is 0.518. The molecule has 1 nitrogen and oxygen atoms in total. The van der Waals surface area contributed by atoms with Gasteiger partial charge in [-0.3, -0.25) is 0 Å². The van der Waals surface area contributed by atoms with Crippen LogP contribution in [0.25, 0.3) is 0 Å². The van der Waals surface area contributed by atoms with Gasteiger partial charge in [-0.05, 0) is 49.6 Å². The van der Waals surface area contributed by atoms with Crippen LogP contribution in [0.5, 0.6) is 0 Å². The monoisotopic (exact) mass is 225 g/mol. The summed E-state index contributed by atoms with van der Waals surface area (Å²) in [5.41, 5.74) is 0.463. The molecule has 1 aromatic rings. The molecule has 0 unspecified atom stereocenters. The van der Waals surface area contributed by atoms with Crippen LogP contribution in [0.2, 0.25) is 0 Å². The summed E-state index contributed by atoms with van der Waals surface area (Å²) in [6, 6.07) is 4.21. The molecule has 0 aromatic heterocycles. The zero-order chi connectivity index (χ0) is 11.4. The highest BCUT2D eigenvalue weighted by atomic mass is 19.1. The minimum Gasteiger partial charge on any atom is -0.314 e. The van der Waals surface area contributed by atoms with Crippen LogP contribution in [0.1, 0.15) is 31.2 Å². The Morgan fingerprint density at radius 3 is 2.69 bits per heavy atom. The van der Waals surface area contributed by atoms with Gasteiger partial charge in [0, 0.05) is 6.04 Å². The lowest BCUT2D eigenvalue weighted by atomic mass is 10.1. The van der Waals surface area contributed by atoms with Gasteiger partial charge in [0.15, 0.2) is 0 Å². The summed E-state index contributed by atoms with van der Waals surface area (Å²) in [6.45, 7) is 0.727. The lowest BCUT2D eigenvalue weighted by Crippen LogP contribution is -2.28. The maximum atomic E-state index is 13.3. The number of halogens is 2. The second-order valence-electron chi connectivity index (χ2n) is 4.42. The third-order valence-corrected chi connectivity index (χ3v) is 3.19. The van der Waals surface area contributed by atoms with Crippen molar-refractivity contribution < 1.29 is 8.78 Å². The topological polar surface area (TPSA) is 12.0 Å². The Morgan fingerprint density at radius 2 is 1.94 bits per heavy atom. The van der Waals surface area contributed by atoms with Crippen LogP contribution < -0.4 is 5.32 Å². The van der Waals surface area contributed by atoms with Crippen LogP contribution in [0.4, 0.5) is 8.78 Å². The molecule has 1 aromatic carbocycles. The fourth-order valence-electron chi connectivity index (χ4n) is 2.28. The summed E-state index contributed by atoms with van der Waals surface area (Å²) in [6.07, 6.45) is 5.55. The van der Waals surface area contributed by atoms with Crippen molar-refractivity contribution in [1.29, 1.82) is 0 Å². The molecule has 1 fully saturated rings. The van der Waals surface area contributed by atoms with Crippen LogP contribution in [0.3, 0.4) is 0 Å². The summed E-state index contributed by atoms with van der Waals surface area (Å²) < 4.78 is 26.2. The Balaban J connectivity index is 1.82. The summed E-state index contributed by atoms with van der Waals surface area (Å²) in [7, 11) is 0. The Morgan fingerprint density at radius 1 is 1.19 bits per heavy atom. The van der Waals surface area contributed by atoms with Crippen LogP contribution in [-0.4, -0.2) is 12.6 Å². The van der Waals surface area contributed by atoms with E-state index < -0.39 is 0 Å². The van der Waals surface area contributed by atoms with Gasteiger partial charge < -0.3 is 5.32 Å². The van der Waals surface area contributed by atoms with E-state index in [0.717, 1.165) is 12.6 Å². The van der Waals surface area contributed by atoms with E-state index in [1.54, 1.807) is 0 Å². The van der Waals surface area contributed by atoms with Crippen molar-refractivity contribution in [2.24, 2.45) is 0 Å². The highest BCUT2D eigenvalue weighted by Gasteiger charge is 2.13. The molecule has 0 heterocycles. The van der Waals surface area contributed by atoms with Crippen LogP contribution in [0.15, 0.2) is 18.2 Å². The van der Waals surface area contributed by atoms with Crippen molar-refractivity contribution in [3.63, 3.8) is 0 Å². The van der Waals surface area contributed by atoms with Gasteiger partial charge in [-0.25, -0.2) is 8.78 Å². The normalized spacial score (nSPS) is 16.9. The maximum absolute atomic E-state index is 13.3. The maximum Gasteiger partial charge on any atom is 0.126 e. The minimum absolute atomic E-state index is 0.311. The third kappa shape index (κ3) is 3.01.